The fraction of sp³-hybridized carbons (Fsp3) is 0.474. The predicted octanol–water partition coefficient (Wildman–Crippen LogP) is 5.26. The van der Waals surface area contributed by atoms with Gasteiger partial charge in [0, 0.05) is 28.6 Å². The van der Waals surface area contributed by atoms with Gasteiger partial charge in [-0.25, -0.2) is 4.98 Å². The Balaban J connectivity index is 1.55. The van der Waals surface area contributed by atoms with Crippen LogP contribution in [0.15, 0.2) is 29.6 Å². The average molecular weight is 361 g/mol. The second-order valence-corrected chi connectivity index (χ2v) is 8.09. The van der Waals surface area contributed by atoms with Crippen LogP contribution in [0.4, 0.5) is 0 Å². The molecule has 126 valence electrons. The Hall–Kier alpha value is -1.39. The van der Waals surface area contributed by atoms with E-state index in [2.05, 4.69) is 9.88 Å². The number of fused-ring (bicyclic) bond motifs is 1. The fourth-order valence-electron chi connectivity index (χ4n) is 4.12. The SMILES string of the molecule is O=C(c1csc(-c2ccc(Cl)cc2)n1)N1CCC[C@@H]2CCCC[C@@H]21. The van der Waals surface area contributed by atoms with Gasteiger partial charge in [-0.15, -0.1) is 11.3 Å². The number of carbonyl (C=O) groups excluding carboxylic acids is 1. The van der Waals surface area contributed by atoms with Crippen LogP contribution in [0.3, 0.4) is 0 Å². The van der Waals surface area contributed by atoms with Crippen molar-refractivity contribution in [2.24, 2.45) is 5.92 Å². The lowest BCUT2D eigenvalue weighted by molar-refractivity contribution is 0.0386. The van der Waals surface area contributed by atoms with E-state index in [0.717, 1.165) is 30.0 Å². The first-order valence-electron chi connectivity index (χ1n) is 8.75. The first-order valence-corrected chi connectivity index (χ1v) is 10.0. The van der Waals surface area contributed by atoms with Gasteiger partial charge in [0.05, 0.1) is 0 Å². The number of halogens is 1. The molecule has 1 aliphatic carbocycles. The second kappa shape index (κ2) is 6.85. The molecule has 2 fully saturated rings. The highest BCUT2D eigenvalue weighted by Crippen LogP contribution is 2.36. The van der Waals surface area contributed by atoms with Crippen molar-refractivity contribution in [1.82, 2.24) is 9.88 Å². The number of hydrogen-bond acceptors (Lipinski definition) is 3. The number of nitrogens with zero attached hydrogens (tertiary/aromatic N) is 2. The van der Waals surface area contributed by atoms with E-state index in [9.17, 15) is 4.79 Å². The van der Waals surface area contributed by atoms with Gasteiger partial charge in [0.25, 0.3) is 5.91 Å². The van der Waals surface area contributed by atoms with Crippen LogP contribution in [0.25, 0.3) is 10.6 Å². The third kappa shape index (κ3) is 3.09. The maximum atomic E-state index is 13.0. The Morgan fingerprint density at radius 2 is 1.88 bits per heavy atom. The molecule has 1 saturated heterocycles. The highest BCUT2D eigenvalue weighted by Gasteiger charge is 2.36. The van der Waals surface area contributed by atoms with Crippen molar-refractivity contribution in [2.75, 3.05) is 6.54 Å². The van der Waals surface area contributed by atoms with Gasteiger partial charge in [0.2, 0.25) is 0 Å². The number of thiazole rings is 1. The Labute approximate surface area is 151 Å². The highest BCUT2D eigenvalue weighted by molar-refractivity contribution is 7.13. The van der Waals surface area contributed by atoms with E-state index >= 15 is 0 Å². The average Bonchev–Trinajstić information content (AvgIpc) is 3.11. The van der Waals surface area contributed by atoms with E-state index in [0.29, 0.717) is 22.7 Å². The lowest BCUT2D eigenvalue weighted by atomic mass is 9.78. The Morgan fingerprint density at radius 1 is 1.12 bits per heavy atom. The van der Waals surface area contributed by atoms with Crippen molar-refractivity contribution in [3.63, 3.8) is 0 Å². The van der Waals surface area contributed by atoms with E-state index in [1.165, 1.54) is 37.0 Å². The minimum absolute atomic E-state index is 0.114. The van der Waals surface area contributed by atoms with Crippen molar-refractivity contribution < 1.29 is 4.79 Å². The first-order chi connectivity index (χ1) is 11.7. The van der Waals surface area contributed by atoms with Crippen LogP contribution >= 0.6 is 22.9 Å². The molecule has 2 atom stereocenters. The normalized spacial score (nSPS) is 23.8. The van der Waals surface area contributed by atoms with E-state index in [-0.39, 0.29) is 5.91 Å². The molecule has 1 saturated carbocycles. The summed E-state index contributed by atoms with van der Waals surface area (Å²) in [5.41, 5.74) is 1.61. The molecule has 24 heavy (non-hydrogen) atoms. The molecule has 2 heterocycles. The van der Waals surface area contributed by atoms with Gasteiger partial charge in [-0.1, -0.05) is 36.6 Å². The molecule has 4 rings (SSSR count). The number of amides is 1. The number of likely N-dealkylation sites (tertiary alicyclic amines) is 1. The summed E-state index contributed by atoms with van der Waals surface area (Å²) in [5, 5.41) is 3.49. The molecule has 2 aliphatic rings. The van der Waals surface area contributed by atoms with Crippen molar-refractivity contribution in [3.8, 4) is 10.6 Å². The van der Waals surface area contributed by atoms with Gasteiger partial charge in [-0.05, 0) is 43.7 Å². The molecular formula is C19H21ClN2OS. The molecule has 0 unspecified atom stereocenters. The topological polar surface area (TPSA) is 33.2 Å². The van der Waals surface area contributed by atoms with Crippen molar-refractivity contribution >= 4 is 28.8 Å². The maximum Gasteiger partial charge on any atom is 0.273 e. The summed E-state index contributed by atoms with van der Waals surface area (Å²) < 4.78 is 0. The van der Waals surface area contributed by atoms with Crippen LogP contribution in [-0.4, -0.2) is 28.4 Å². The summed E-state index contributed by atoms with van der Waals surface area (Å²) in [6, 6.07) is 8.05. The molecule has 3 nitrogen and oxygen atoms in total. The second-order valence-electron chi connectivity index (χ2n) is 6.80. The van der Waals surface area contributed by atoms with Crippen LogP contribution in [-0.2, 0) is 0 Å². The van der Waals surface area contributed by atoms with E-state index in [1.54, 1.807) is 0 Å². The zero-order valence-electron chi connectivity index (χ0n) is 13.6. The summed E-state index contributed by atoms with van der Waals surface area (Å²) in [6.07, 6.45) is 7.41. The number of aromatic nitrogens is 1. The third-order valence-electron chi connectivity index (χ3n) is 5.32. The van der Waals surface area contributed by atoms with Gasteiger partial charge < -0.3 is 4.90 Å². The Morgan fingerprint density at radius 3 is 2.71 bits per heavy atom. The maximum absolute atomic E-state index is 13.0. The number of rotatable bonds is 2. The molecule has 1 amide bonds. The molecule has 0 radical (unpaired) electrons. The predicted molar refractivity (Wildman–Crippen MR) is 98.6 cm³/mol. The Bertz CT molecular complexity index is 725. The van der Waals surface area contributed by atoms with Gasteiger partial charge in [-0.3, -0.25) is 4.79 Å². The molecule has 1 aromatic carbocycles. The van der Waals surface area contributed by atoms with Crippen molar-refractivity contribution in [3.05, 3.63) is 40.4 Å². The van der Waals surface area contributed by atoms with E-state index in [4.69, 9.17) is 11.6 Å². The molecule has 1 aliphatic heterocycles. The lowest BCUT2D eigenvalue weighted by Gasteiger charge is -2.43. The monoisotopic (exact) mass is 360 g/mol. The van der Waals surface area contributed by atoms with Crippen molar-refractivity contribution in [2.45, 2.75) is 44.6 Å². The molecule has 5 heteroatoms. The molecular weight excluding hydrogens is 340 g/mol. The molecule has 0 bridgehead atoms. The van der Waals surface area contributed by atoms with Gasteiger partial charge in [0.15, 0.2) is 0 Å². The van der Waals surface area contributed by atoms with Crippen LogP contribution in [0, 0.1) is 5.92 Å². The standard InChI is InChI=1S/C19H21ClN2OS/c20-15-9-7-14(8-10-15)18-21-16(12-24-18)19(23)22-11-3-5-13-4-1-2-6-17(13)22/h7-10,12-13,17H,1-6,11H2/t13-,17-/m0/s1. The summed E-state index contributed by atoms with van der Waals surface area (Å²) >= 11 is 7.47. The number of benzene rings is 1. The van der Waals surface area contributed by atoms with Gasteiger partial charge >= 0.3 is 0 Å². The van der Waals surface area contributed by atoms with Gasteiger partial charge in [-0.2, -0.15) is 0 Å². The van der Waals surface area contributed by atoms with Crippen LogP contribution in [0.5, 0.6) is 0 Å². The summed E-state index contributed by atoms with van der Waals surface area (Å²) in [7, 11) is 0. The molecule has 0 N–H and O–H groups in total. The zero-order chi connectivity index (χ0) is 16.5. The van der Waals surface area contributed by atoms with Gasteiger partial charge in [0.1, 0.15) is 10.7 Å². The minimum Gasteiger partial charge on any atom is -0.334 e. The molecule has 0 spiro atoms. The van der Waals surface area contributed by atoms with E-state index in [1.807, 2.05) is 29.6 Å². The molecule has 1 aromatic heterocycles. The van der Waals surface area contributed by atoms with Crippen LogP contribution in [0.1, 0.15) is 49.0 Å². The number of hydrogen-bond donors (Lipinski definition) is 0. The van der Waals surface area contributed by atoms with Crippen LogP contribution < -0.4 is 0 Å². The largest absolute Gasteiger partial charge is 0.334 e. The minimum atomic E-state index is 0.114. The number of piperidine rings is 1. The first kappa shape index (κ1) is 16.1. The summed E-state index contributed by atoms with van der Waals surface area (Å²) in [5.74, 6) is 0.814. The van der Waals surface area contributed by atoms with Crippen LogP contribution in [0.2, 0.25) is 5.02 Å². The Kier molecular flexibility index (Phi) is 4.59. The smallest absolute Gasteiger partial charge is 0.273 e. The summed E-state index contributed by atoms with van der Waals surface area (Å²) in [4.78, 5) is 19.7. The zero-order valence-corrected chi connectivity index (χ0v) is 15.2. The quantitative estimate of drug-likeness (QED) is 0.732. The van der Waals surface area contributed by atoms with Crippen molar-refractivity contribution in [1.29, 1.82) is 0 Å². The summed E-state index contributed by atoms with van der Waals surface area (Å²) in [6.45, 7) is 0.883. The number of carbonyl (C=O) groups is 1. The lowest BCUT2D eigenvalue weighted by Crippen LogP contribution is -2.49. The van der Waals surface area contributed by atoms with E-state index < -0.39 is 0 Å². The highest BCUT2D eigenvalue weighted by atomic mass is 35.5. The third-order valence-corrected chi connectivity index (χ3v) is 6.46. The molecule has 2 aromatic rings. The fourth-order valence-corrected chi connectivity index (χ4v) is 5.05.